The van der Waals surface area contributed by atoms with Crippen LogP contribution in [0.1, 0.15) is 43.6 Å². The molecule has 1 N–H and O–H groups in total. The number of hydrogen-bond acceptors (Lipinski definition) is 3. The van der Waals surface area contributed by atoms with Gasteiger partial charge in [-0.1, -0.05) is 0 Å². The molecule has 0 saturated heterocycles. The minimum absolute atomic E-state index is 0.0733. The molecule has 0 bridgehead atoms. The van der Waals surface area contributed by atoms with Gasteiger partial charge < -0.3 is 5.32 Å². The van der Waals surface area contributed by atoms with Crippen molar-refractivity contribution in [3.63, 3.8) is 0 Å². The van der Waals surface area contributed by atoms with Crippen molar-refractivity contribution in [2.45, 2.75) is 46.8 Å². The SMILES string of the molecule is CCn1cc(/C=C/C(=O)NC(C)c2cnn(CC)c2C)cn1. The van der Waals surface area contributed by atoms with Gasteiger partial charge in [0.25, 0.3) is 0 Å². The maximum absolute atomic E-state index is 12.0. The van der Waals surface area contributed by atoms with E-state index in [0.717, 1.165) is 29.9 Å². The van der Waals surface area contributed by atoms with Crippen LogP contribution < -0.4 is 5.32 Å². The second-order valence-electron chi connectivity index (χ2n) is 5.19. The van der Waals surface area contributed by atoms with E-state index < -0.39 is 0 Å². The van der Waals surface area contributed by atoms with Gasteiger partial charge in [-0.15, -0.1) is 0 Å². The fourth-order valence-corrected chi connectivity index (χ4v) is 2.35. The Bertz CT molecular complexity index is 668. The Morgan fingerprint density at radius 3 is 2.68 bits per heavy atom. The van der Waals surface area contributed by atoms with Crippen molar-refractivity contribution >= 4 is 12.0 Å². The molecule has 2 rings (SSSR count). The van der Waals surface area contributed by atoms with E-state index in [4.69, 9.17) is 0 Å². The van der Waals surface area contributed by atoms with Gasteiger partial charge in [0.15, 0.2) is 0 Å². The fourth-order valence-electron chi connectivity index (χ4n) is 2.35. The molecule has 0 aliphatic heterocycles. The molecule has 1 atom stereocenters. The number of aromatic nitrogens is 4. The van der Waals surface area contributed by atoms with Crippen molar-refractivity contribution < 1.29 is 4.79 Å². The monoisotopic (exact) mass is 301 g/mol. The Morgan fingerprint density at radius 2 is 2.09 bits per heavy atom. The van der Waals surface area contributed by atoms with E-state index >= 15 is 0 Å². The van der Waals surface area contributed by atoms with Gasteiger partial charge in [0.2, 0.25) is 5.91 Å². The molecule has 0 saturated carbocycles. The zero-order valence-corrected chi connectivity index (χ0v) is 13.6. The van der Waals surface area contributed by atoms with Crippen LogP contribution in [0, 0.1) is 6.92 Å². The summed E-state index contributed by atoms with van der Waals surface area (Å²) in [4.78, 5) is 12.0. The highest BCUT2D eigenvalue weighted by Crippen LogP contribution is 2.16. The molecule has 6 nitrogen and oxygen atoms in total. The van der Waals surface area contributed by atoms with Gasteiger partial charge in [-0.2, -0.15) is 10.2 Å². The molecular weight excluding hydrogens is 278 g/mol. The van der Waals surface area contributed by atoms with Crippen molar-refractivity contribution in [2.75, 3.05) is 0 Å². The Balaban J connectivity index is 1.97. The van der Waals surface area contributed by atoms with E-state index in [2.05, 4.69) is 15.5 Å². The van der Waals surface area contributed by atoms with Crippen LogP contribution in [0.4, 0.5) is 0 Å². The summed E-state index contributed by atoms with van der Waals surface area (Å²) in [7, 11) is 0. The number of aryl methyl sites for hydroxylation is 2. The predicted octanol–water partition coefficient (Wildman–Crippen LogP) is 2.32. The number of amides is 1. The van der Waals surface area contributed by atoms with Crippen molar-refractivity contribution in [1.82, 2.24) is 24.9 Å². The molecule has 2 aromatic rings. The molecule has 1 amide bonds. The van der Waals surface area contributed by atoms with Crippen molar-refractivity contribution in [1.29, 1.82) is 0 Å². The highest BCUT2D eigenvalue weighted by Gasteiger charge is 2.13. The molecule has 6 heteroatoms. The second-order valence-corrected chi connectivity index (χ2v) is 5.19. The molecule has 0 fully saturated rings. The van der Waals surface area contributed by atoms with Crippen molar-refractivity contribution in [2.24, 2.45) is 0 Å². The molecule has 2 heterocycles. The summed E-state index contributed by atoms with van der Waals surface area (Å²) >= 11 is 0. The highest BCUT2D eigenvalue weighted by molar-refractivity contribution is 5.91. The van der Waals surface area contributed by atoms with Gasteiger partial charge in [-0.05, 0) is 33.8 Å². The first-order valence-corrected chi connectivity index (χ1v) is 7.58. The standard InChI is InChI=1S/C16H23N5O/c1-5-20-11-14(9-17-20)7-8-16(22)19-12(3)15-10-18-21(6-2)13(15)4/h7-12H,5-6H2,1-4H3,(H,19,22)/b8-7+. The molecule has 0 radical (unpaired) electrons. The van der Waals surface area contributed by atoms with E-state index in [1.807, 2.05) is 49.5 Å². The molecule has 0 aliphatic carbocycles. The Morgan fingerprint density at radius 1 is 1.32 bits per heavy atom. The lowest BCUT2D eigenvalue weighted by Crippen LogP contribution is -2.25. The molecule has 0 spiro atoms. The van der Waals surface area contributed by atoms with Crippen molar-refractivity contribution in [3.05, 3.63) is 41.5 Å². The zero-order chi connectivity index (χ0) is 16.1. The van der Waals surface area contributed by atoms with Crippen LogP contribution in [0.3, 0.4) is 0 Å². The van der Waals surface area contributed by atoms with Crippen LogP contribution in [0.2, 0.25) is 0 Å². The molecular formula is C16H23N5O. The van der Waals surface area contributed by atoms with Crippen molar-refractivity contribution in [3.8, 4) is 0 Å². The minimum atomic E-state index is -0.125. The number of nitrogens with zero attached hydrogens (tertiary/aromatic N) is 4. The summed E-state index contributed by atoms with van der Waals surface area (Å²) in [5, 5.41) is 11.4. The number of carbonyl (C=O) groups is 1. The number of carbonyl (C=O) groups excluding carboxylic acids is 1. The van der Waals surface area contributed by atoms with Crippen LogP contribution >= 0.6 is 0 Å². The average Bonchev–Trinajstić information content (AvgIpc) is 3.11. The third kappa shape index (κ3) is 3.63. The largest absolute Gasteiger partial charge is 0.346 e. The lowest BCUT2D eigenvalue weighted by atomic mass is 10.1. The molecule has 2 aromatic heterocycles. The predicted molar refractivity (Wildman–Crippen MR) is 86.1 cm³/mol. The lowest BCUT2D eigenvalue weighted by molar-refractivity contribution is -0.117. The Kier molecular flexibility index (Phi) is 5.14. The summed E-state index contributed by atoms with van der Waals surface area (Å²) < 4.78 is 3.75. The van der Waals surface area contributed by atoms with E-state index in [-0.39, 0.29) is 11.9 Å². The van der Waals surface area contributed by atoms with Crippen LogP contribution in [-0.2, 0) is 17.9 Å². The number of rotatable bonds is 6. The van der Waals surface area contributed by atoms with Gasteiger partial charge >= 0.3 is 0 Å². The maximum Gasteiger partial charge on any atom is 0.244 e. The summed E-state index contributed by atoms with van der Waals surface area (Å²) in [6.07, 6.45) is 8.77. The first-order chi connectivity index (χ1) is 10.5. The smallest absolute Gasteiger partial charge is 0.244 e. The minimum Gasteiger partial charge on any atom is -0.346 e. The summed E-state index contributed by atoms with van der Waals surface area (Å²) in [5.74, 6) is -0.125. The van der Waals surface area contributed by atoms with Gasteiger partial charge in [0.1, 0.15) is 0 Å². The first kappa shape index (κ1) is 16.0. The summed E-state index contributed by atoms with van der Waals surface area (Å²) in [6.45, 7) is 9.69. The molecule has 22 heavy (non-hydrogen) atoms. The second kappa shape index (κ2) is 7.06. The van der Waals surface area contributed by atoms with E-state index in [1.165, 1.54) is 6.08 Å². The zero-order valence-electron chi connectivity index (χ0n) is 13.6. The van der Waals surface area contributed by atoms with Gasteiger partial charge in [0, 0.05) is 42.2 Å². The molecule has 1 unspecified atom stereocenters. The Labute approximate surface area is 130 Å². The van der Waals surface area contributed by atoms with Crippen LogP contribution in [0.5, 0.6) is 0 Å². The Hall–Kier alpha value is -2.37. The molecule has 0 aromatic carbocycles. The number of nitrogens with one attached hydrogen (secondary N) is 1. The summed E-state index contributed by atoms with van der Waals surface area (Å²) in [6, 6.07) is -0.0733. The third-order valence-electron chi connectivity index (χ3n) is 3.67. The van der Waals surface area contributed by atoms with E-state index in [9.17, 15) is 4.79 Å². The third-order valence-corrected chi connectivity index (χ3v) is 3.67. The van der Waals surface area contributed by atoms with Crippen LogP contribution in [-0.4, -0.2) is 25.5 Å². The quantitative estimate of drug-likeness (QED) is 0.833. The van der Waals surface area contributed by atoms with Gasteiger partial charge in [0.05, 0.1) is 18.4 Å². The maximum atomic E-state index is 12.0. The topological polar surface area (TPSA) is 64.7 Å². The normalized spacial score (nSPS) is 12.7. The molecule has 118 valence electrons. The van der Waals surface area contributed by atoms with E-state index in [1.54, 1.807) is 12.3 Å². The average molecular weight is 301 g/mol. The lowest BCUT2D eigenvalue weighted by Gasteiger charge is -2.12. The molecule has 0 aliphatic rings. The van der Waals surface area contributed by atoms with Crippen LogP contribution in [0.15, 0.2) is 24.7 Å². The van der Waals surface area contributed by atoms with Crippen LogP contribution in [0.25, 0.3) is 6.08 Å². The van der Waals surface area contributed by atoms with E-state index in [0.29, 0.717) is 0 Å². The number of hydrogen-bond donors (Lipinski definition) is 1. The highest BCUT2D eigenvalue weighted by atomic mass is 16.1. The first-order valence-electron chi connectivity index (χ1n) is 7.58. The fraction of sp³-hybridized carbons (Fsp3) is 0.438. The summed E-state index contributed by atoms with van der Waals surface area (Å²) in [5.41, 5.74) is 3.05. The van der Waals surface area contributed by atoms with Gasteiger partial charge in [-0.25, -0.2) is 0 Å². The van der Waals surface area contributed by atoms with Gasteiger partial charge in [-0.3, -0.25) is 14.2 Å².